The molecule has 0 spiro atoms. The third-order valence-corrected chi connectivity index (χ3v) is 2.38. The molecule has 18 heavy (non-hydrogen) atoms. The van der Waals surface area contributed by atoms with Crippen molar-refractivity contribution >= 4 is 0 Å². The number of nitrogens with one attached hydrogen (secondary N) is 1. The van der Waals surface area contributed by atoms with Crippen LogP contribution in [0.5, 0.6) is 0 Å². The van der Waals surface area contributed by atoms with Crippen LogP contribution in [0.25, 0.3) is 11.1 Å². The van der Waals surface area contributed by atoms with E-state index in [-0.39, 0.29) is 11.1 Å². The minimum atomic E-state index is -4.63. The molecule has 0 saturated heterocycles. The first-order valence-electron chi connectivity index (χ1n) is 4.95. The quantitative estimate of drug-likeness (QED) is 0.782. The van der Waals surface area contributed by atoms with Gasteiger partial charge < -0.3 is 4.98 Å². The summed E-state index contributed by atoms with van der Waals surface area (Å²) < 4.78 is 50.4. The van der Waals surface area contributed by atoms with Gasteiger partial charge in [-0.05, 0) is 18.2 Å². The molecule has 2 nitrogen and oxygen atoms in total. The van der Waals surface area contributed by atoms with Gasteiger partial charge in [0.1, 0.15) is 11.5 Å². The van der Waals surface area contributed by atoms with Gasteiger partial charge in [0.15, 0.2) is 0 Å². The van der Waals surface area contributed by atoms with E-state index >= 15 is 0 Å². The highest BCUT2D eigenvalue weighted by atomic mass is 19.4. The largest absolute Gasteiger partial charge is 0.431 e. The first-order chi connectivity index (χ1) is 8.39. The Balaban J connectivity index is 2.56. The lowest BCUT2D eigenvalue weighted by Crippen LogP contribution is -2.17. The van der Waals surface area contributed by atoms with Gasteiger partial charge in [-0.3, -0.25) is 4.79 Å². The van der Waals surface area contributed by atoms with Crippen LogP contribution in [0, 0.1) is 5.82 Å². The van der Waals surface area contributed by atoms with E-state index in [1.54, 1.807) is 4.98 Å². The van der Waals surface area contributed by atoms with Crippen molar-refractivity contribution in [3.63, 3.8) is 0 Å². The normalized spacial score (nSPS) is 11.6. The highest BCUT2D eigenvalue weighted by Gasteiger charge is 2.32. The molecule has 1 N–H and O–H groups in total. The SMILES string of the molecule is O=c1[nH]c(C(F)(F)F)ccc1-c1ccccc1F. The summed E-state index contributed by atoms with van der Waals surface area (Å²) in [6, 6.07) is 7.05. The molecule has 1 aromatic heterocycles. The Kier molecular flexibility index (Phi) is 2.94. The van der Waals surface area contributed by atoms with E-state index < -0.39 is 23.2 Å². The zero-order chi connectivity index (χ0) is 13.3. The molecule has 2 rings (SSSR count). The van der Waals surface area contributed by atoms with Crippen molar-refractivity contribution in [1.82, 2.24) is 4.98 Å². The Bertz CT molecular complexity index is 630. The highest BCUT2D eigenvalue weighted by Crippen LogP contribution is 2.27. The fourth-order valence-electron chi connectivity index (χ4n) is 1.53. The molecule has 0 amide bonds. The van der Waals surface area contributed by atoms with Crippen molar-refractivity contribution in [3.8, 4) is 11.1 Å². The number of alkyl halides is 3. The zero-order valence-electron chi connectivity index (χ0n) is 8.88. The fourth-order valence-corrected chi connectivity index (χ4v) is 1.53. The molecule has 0 atom stereocenters. The topological polar surface area (TPSA) is 32.9 Å². The lowest BCUT2D eigenvalue weighted by molar-refractivity contribution is -0.141. The van der Waals surface area contributed by atoms with Crippen LogP contribution < -0.4 is 5.56 Å². The summed E-state index contributed by atoms with van der Waals surface area (Å²) >= 11 is 0. The van der Waals surface area contributed by atoms with Gasteiger partial charge >= 0.3 is 6.18 Å². The number of benzene rings is 1. The molecule has 0 aliphatic rings. The number of halogens is 4. The van der Waals surface area contributed by atoms with E-state index in [9.17, 15) is 22.4 Å². The first kappa shape index (κ1) is 12.3. The third-order valence-electron chi connectivity index (χ3n) is 2.38. The third kappa shape index (κ3) is 2.27. The Labute approximate surface area is 98.9 Å². The fraction of sp³-hybridized carbons (Fsp3) is 0.0833. The molecule has 6 heteroatoms. The molecule has 0 radical (unpaired) electrons. The standard InChI is InChI=1S/C12H7F4NO/c13-9-4-2-1-3-7(9)8-5-6-10(12(14,15)16)17-11(8)18/h1-6H,(H,17,18). The van der Waals surface area contributed by atoms with E-state index in [1.807, 2.05) is 0 Å². The van der Waals surface area contributed by atoms with Crippen LogP contribution in [0.1, 0.15) is 5.69 Å². The molecular weight excluding hydrogens is 250 g/mol. The van der Waals surface area contributed by atoms with Crippen molar-refractivity contribution in [3.05, 3.63) is 58.3 Å². The number of H-pyrrole nitrogens is 1. The number of rotatable bonds is 1. The average molecular weight is 257 g/mol. The van der Waals surface area contributed by atoms with Crippen molar-refractivity contribution in [2.75, 3.05) is 0 Å². The molecule has 1 aromatic carbocycles. The smallest absolute Gasteiger partial charge is 0.318 e. The molecular formula is C12H7F4NO. The van der Waals surface area contributed by atoms with E-state index in [4.69, 9.17) is 0 Å². The first-order valence-corrected chi connectivity index (χ1v) is 4.95. The molecule has 1 heterocycles. The molecule has 0 bridgehead atoms. The molecule has 0 aliphatic carbocycles. The van der Waals surface area contributed by atoms with E-state index in [0.29, 0.717) is 6.07 Å². The highest BCUT2D eigenvalue weighted by molar-refractivity contribution is 5.62. The summed E-state index contributed by atoms with van der Waals surface area (Å²) in [6.07, 6.45) is -4.63. The summed E-state index contributed by atoms with van der Waals surface area (Å²) in [5.74, 6) is -0.664. The maximum atomic E-state index is 13.4. The van der Waals surface area contributed by atoms with Crippen LogP contribution in [0.4, 0.5) is 17.6 Å². The zero-order valence-corrected chi connectivity index (χ0v) is 8.88. The maximum absolute atomic E-state index is 13.4. The summed E-state index contributed by atoms with van der Waals surface area (Å²) in [7, 11) is 0. The van der Waals surface area contributed by atoms with Crippen LogP contribution in [-0.4, -0.2) is 4.98 Å². The Morgan fingerprint density at radius 3 is 2.17 bits per heavy atom. The summed E-state index contributed by atoms with van der Waals surface area (Å²) in [6.45, 7) is 0. The molecule has 94 valence electrons. The van der Waals surface area contributed by atoms with Gasteiger partial charge in [-0.2, -0.15) is 13.2 Å². The second-order valence-corrected chi connectivity index (χ2v) is 3.59. The Morgan fingerprint density at radius 2 is 1.61 bits per heavy atom. The minimum Gasteiger partial charge on any atom is -0.318 e. The number of pyridine rings is 1. The maximum Gasteiger partial charge on any atom is 0.431 e. The summed E-state index contributed by atoms with van der Waals surface area (Å²) in [5, 5.41) is 0. The monoisotopic (exact) mass is 257 g/mol. The Morgan fingerprint density at radius 1 is 0.944 bits per heavy atom. The molecule has 0 unspecified atom stereocenters. The van der Waals surface area contributed by atoms with Gasteiger partial charge in [-0.25, -0.2) is 4.39 Å². The summed E-state index contributed by atoms with van der Waals surface area (Å²) in [4.78, 5) is 13.2. The Hall–Kier alpha value is -2.11. The van der Waals surface area contributed by atoms with Crippen molar-refractivity contribution in [1.29, 1.82) is 0 Å². The second-order valence-electron chi connectivity index (χ2n) is 3.59. The van der Waals surface area contributed by atoms with Crippen LogP contribution >= 0.6 is 0 Å². The molecule has 0 saturated carbocycles. The van der Waals surface area contributed by atoms with Crippen LogP contribution in [-0.2, 0) is 6.18 Å². The van der Waals surface area contributed by atoms with E-state index in [0.717, 1.165) is 12.1 Å². The van der Waals surface area contributed by atoms with Crippen molar-refractivity contribution in [2.45, 2.75) is 6.18 Å². The number of hydrogen-bond acceptors (Lipinski definition) is 1. The number of aromatic amines is 1. The van der Waals surface area contributed by atoms with Gasteiger partial charge in [0.2, 0.25) is 0 Å². The van der Waals surface area contributed by atoms with Gasteiger partial charge in [0.05, 0.1) is 0 Å². The van der Waals surface area contributed by atoms with Crippen molar-refractivity contribution in [2.24, 2.45) is 0 Å². The van der Waals surface area contributed by atoms with E-state index in [1.165, 1.54) is 18.2 Å². The van der Waals surface area contributed by atoms with E-state index in [2.05, 4.69) is 0 Å². The molecule has 0 fully saturated rings. The van der Waals surface area contributed by atoms with Crippen LogP contribution in [0.3, 0.4) is 0 Å². The molecule has 2 aromatic rings. The second kappa shape index (κ2) is 4.29. The van der Waals surface area contributed by atoms with Crippen molar-refractivity contribution < 1.29 is 17.6 Å². The van der Waals surface area contributed by atoms with Crippen LogP contribution in [0.2, 0.25) is 0 Å². The van der Waals surface area contributed by atoms with Crippen LogP contribution in [0.15, 0.2) is 41.2 Å². The average Bonchev–Trinajstić information content (AvgIpc) is 2.29. The lowest BCUT2D eigenvalue weighted by atomic mass is 10.1. The lowest BCUT2D eigenvalue weighted by Gasteiger charge is -2.07. The van der Waals surface area contributed by atoms with Gasteiger partial charge in [-0.15, -0.1) is 0 Å². The minimum absolute atomic E-state index is 0.0347. The van der Waals surface area contributed by atoms with Gasteiger partial charge in [-0.1, -0.05) is 18.2 Å². The number of hydrogen-bond donors (Lipinski definition) is 1. The van der Waals surface area contributed by atoms with Gasteiger partial charge in [0, 0.05) is 11.1 Å². The van der Waals surface area contributed by atoms with Gasteiger partial charge in [0.25, 0.3) is 5.56 Å². The number of aromatic nitrogens is 1. The predicted molar refractivity (Wildman–Crippen MR) is 57.5 cm³/mol. The molecule has 0 aliphatic heterocycles. The summed E-state index contributed by atoms with van der Waals surface area (Å²) in [5.41, 5.74) is -2.31. The predicted octanol–water partition coefficient (Wildman–Crippen LogP) is 3.20.